The van der Waals surface area contributed by atoms with Gasteiger partial charge in [0, 0.05) is 19.1 Å². The average Bonchev–Trinajstić information content (AvgIpc) is 2.89. The number of fused-ring (bicyclic) bond motifs is 2. The van der Waals surface area contributed by atoms with Gasteiger partial charge in [-0.05, 0) is 55.2 Å². The molecule has 7 nitrogen and oxygen atoms in total. The van der Waals surface area contributed by atoms with Gasteiger partial charge < -0.3 is 10.1 Å². The molecule has 0 radical (unpaired) electrons. The van der Waals surface area contributed by atoms with E-state index in [9.17, 15) is 18.0 Å². The second kappa shape index (κ2) is 7.72. The van der Waals surface area contributed by atoms with Crippen molar-refractivity contribution >= 4 is 21.9 Å². The Labute approximate surface area is 172 Å². The molecule has 2 atom stereocenters. The van der Waals surface area contributed by atoms with Crippen LogP contribution in [0, 0.1) is 10.8 Å². The molecule has 1 aliphatic heterocycles. The summed E-state index contributed by atoms with van der Waals surface area (Å²) in [7, 11) is -3.73. The number of nitrogens with one attached hydrogen (secondary N) is 1. The predicted octanol–water partition coefficient (Wildman–Crippen LogP) is 2.57. The monoisotopic (exact) mass is 422 g/mol. The number of esters is 1. The number of carbonyl (C=O) groups excluding carboxylic acids is 2. The van der Waals surface area contributed by atoms with Gasteiger partial charge in [-0.3, -0.25) is 4.79 Å². The molecular weight excluding hydrogens is 392 g/mol. The minimum Gasteiger partial charge on any atom is -0.452 e. The zero-order chi connectivity index (χ0) is 21.4. The lowest BCUT2D eigenvalue weighted by atomic mass is 9.65. The number of hydrogen-bond donors (Lipinski definition) is 1. The second-order valence-corrected chi connectivity index (χ2v) is 11.2. The van der Waals surface area contributed by atoms with Crippen LogP contribution in [0.1, 0.15) is 57.3 Å². The molecule has 29 heavy (non-hydrogen) atoms. The molecule has 1 saturated carbocycles. The minimum atomic E-state index is -3.73. The molecule has 1 saturated heterocycles. The number of likely N-dealkylation sites (N-methyl/N-ethyl adjacent to an activating group) is 1. The Hall–Kier alpha value is -1.93. The highest BCUT2D eigenvalue weighted by molar-refractivity contribution is 7.89. The van der Waals surface area contributed by atoms with E-state index in [1.807, 2.05) is 0 Å². The van der Waals surface area contributed by atoms with Gasteiger partial charge >= 0.3 is 5.97 Å². The number of benzene rings is 1. The van der Waals surface area contributed by atoms with Crippen molar-refractivity contribution in [2.45, 2.75) is 57.9 Å². The molecule has 0 unspecified atom stereocenters. The SMILES string of the molecule is CCNC(=O)COC(=O)c1cccc(S(=O)(=O)N2C[C@@]3(C)C[C@H]2CC(C)(C)C3)c1. The number of rotatable bonds is 6. The van der Waals surface area contributed by atoms with Gasteiger partial charge in [0.15, 0.2) is 6.61 Å². The summed E-state index contributed by atoms with van der Waals surface area (Å²) in [5.74, 6) is -1.12. The molecule has 0 aromatic heterocycles. The number of amides is 1. The molecule has 1 aromatic rings. The molecule has 1 amide bonds. The lowest BCUT2D eigenvalue weighted by Crippen LogP contribution is -2.37. The maximum atomic E-state index is 13.4. The highest BCUT2D eigenvalue weighted by Gasteiger charge is 2.53. The summed E-state index contributed by atoms with van der Waals surface area (Å²) in [4.78, 5) is 23.8. The third kappa shape index (κ3) is 4.64. The van der Waals surface area contributed by atoms with E-state index in [-0.39, 0.29) is 27.3 Å². The van der Waals surface area contributed by atoms with E-state index >= 15 is 0 Å². The van der Waals surface area contributed by atoms with Gasteiger partial charge in [0.25, 0.3) is 5.91 Å². The first kappa shape index (κ1) is 21.8. The van der Waals surface area contributed by atoms with Crippen LogP contribution in [0.15, 0.2) is 29.2 Å². The first-order valence-electron chi connectivity index (χ1n) is 10.0. The first-order chi connectivity index (χ1) is 13.5. The van der Waals surface area contributed by atoms with Crippen molar-refractivity contribution in [3.05, 3.63) is 29.8 Å². The Balaban J connectivity index is 1.79. The summed E-state index contributed by atoms with van der Waals surface area (Å²) in [5, 5.41) is 2.54. The van der Waals surface area contributed by atoms with Crippen molar-refractivity contribution in [1.29, 1.82) is 0 Å². The molecule has 2 aliphatic rings. The lowest BCUT2D eigenvalue weighted by Gasteiger charge is -2.39. The van der Waals surface area contributed by atoms with Gasteiger partial charge in [-0.15, -0.1) is 0 Å². The Morgan fingerprint density at radius 2 is 1.97 bits per heavy atom. The van der Waals surface area contributed by atoms with Gasteiger partial charge in [-0.25, -0.2) is 13.2 Å². The van der Waals surface area contributed by atoms with Crippen LogP contribution in [-0.2, 0) is 19.6 Å². The van der Waals surface area contributed by atoms with Crippen molar-refractivity contribution in [3.8, 4) is 0 Å². The van der Waals surface area contributed by atoms with Crippen LogP contribution in [0.3, 0.4) is 0 Å². The van der Waals surface area contributed by atoms with Crippen LogP contribution in [0.25, 0.3) is 0 Å². The third-order valence-corrected chi connectivity index (χ3v) is 7.65. The number of carbonyl (C=O) groups is 2. The number of hydrogen-bond acceptors (Lipinski definition) is 5. The Morgan fingerprint density at radius 1 is 1.24 bits per heavy atom. The summed E-state index contributed by atoms with van der Waals surface area (Å²) in [6.07, 6.45) is 2.69. The van der Waals surface area contributed by atoms with Crippen molar-refractivity contribution in [2.24, 2.45) is 10.8 Å². The molecule has 1 N–H and O–H groups in total. The zero-order valence-electron chi connectivity index (χ0n) is 17.5. The van der Waals surface area contributed by atoms with Crippen LogP contribution in [0.4, 0.5) is 0 Å². The molecule has 0 spiro atoms. The number of nitrogens with zero attached hydrogens (tertiary/aromatic N) is 1. The topological polar surface area (TPSA) is 92.8 Å². The largest absolute Gasteiger partial charge is 0.452 e. The molecule has 160 valence electrons. The average molecular weight is 423 g/mol. The summed E-state index contributed by atoms with van der Waals surface area (Å²) < 4.78 is 33.3. The van der Waals surface area contributed by atoms with Crippen molar-refractivity contribution in [3.63, 3.8) is 0 Å². The highest BCUT2D eigenvalue weighted by atomic mass is 32.2. The molecule has 2 bridgehead atoms. The fraction of sp³-hybridized carbons (Fsp3) is 0.619. The molecule has 2 fully saturated rings. The fourth-order valence-corrected chi connectivity index (χ4v) is 6.89. The Kier molecular flexibility index (Phi) is 5.80. The van der Waals surface area contributed by atoms with Crippen LogP contribution in [0.5, 0.6) is 0 Å². The Bertz CT molecular complexity index is 911. The van der Waals surface area contributed by atoms with Crippen molar-refractivity contribution < 1.29 is 22.7 Å². The summed E-state index contributed by atoms with van der Waals surface area (Å²) in [6, 6.07) is 5.84. The van der Waals surface area contributed by atoms with Gasteiger partial charge in [0.1, 0.15) is 0 Å². The van der Waals surface area contributed by atoms with Crippen molar-refractivity contribution in [2.75, 3.05) is 19.7 Å². The molecule has 1 aliphatic carbocycles. The minimum absolute atomic E-state index is 0.0251. The zero-order valence-corrected chi connectivity index (χ0v) is 18.3. The van der Waals surface area contributed by atoms with Crippen molar-refractivity contribution in [1.82, 2.24) is 9.62 Å². The number of ether oxygens (including phenoxy) is 1. The van der Waals surface area contributed by atoms with E-state index in [1.165, 1.54) is 24.3 Å². The van der Waals surface area contributed by atoms with Crippen LogP contribution < -0.4 is 5.32 Å². The normalized spacial score (nSPS) is 26.1. The predicted molar refractivity (Wildman–Crippen MR) is 109 cm³/mol. The standard InChI is InChI=1S/C21H30N2O5S/c1-5-22-18(24)12-28-19(25)15-7-6-8-17(9-15)29(26,27)23-14-21(4)11-16(23)10-20(2,3)13-21/h6-9,16H,5,10-14H2,1-4H3,(H,22,24)/t16-,21+/m1/s1. The highest BCUT2D eigenvalue weighted by Crippen LogP contribution is 2.53. The fourth-order valence-electron chi connectivity index (χ4n) is 5.07. The van der Waals surface area contributed by atoms with E-state index in [2.05, 4.69) is 26.1 Å². The van der Waals surface area contributed by atoms with Gasteiger partial charge in [0.2, 0.25) is 10.0 Å². The summed E-state index contributed by atoms with van der Waals surface area (Å²) in [6.45, 7) is 8.85. The van der Waals surface area contributed by atoms with Crippen LogP contribution >= 0.6 is 0 Å². The molecule has 8 heteroatoms. The quantitative estimate of drug-likeness (QED) is 0.711. The van der Waals surface area contributed by atoms with E-state index < -0.39 is 28.5 Å². The van der Waals surface area contributed by atoms with E-state index in [4.69, 9.17) is 4.74 Å². The maximum absolute atomic E-state index is 13.4. The molecule has 3 rings (SSSR count). The van der Waals surface area contributed by atoms with Crippen LogP contribution in [0.2, 0.25) is 0 Å². The second-order valence-electron chi connectivity index (χ2n) is 9.32. The van der Waals surface area contributed by atoms with Gasteiger partial charge in [0.05, 0.1) is 10.5 Å². The van der Waals surface area contributed by atoms with E-state index in [1.54, 1.807) is 11.2 Å². The maximum Gasteiger partial charge on any atom is 0.338 e. The van der Waals surface area contributed by atoms with E-state index in [0.29, 0.717) is 13.1 Å². The van der Waals surface area contributed by atoms with Gasteiger partial charge in [-0.1, -0.05) is 26.8 Å². The Morgan fingerprint density at radius 3 is 2.66 bits per heavy atom. The summed E-state index contributed by atoms with van der Waals surface area (Å²) in [5.41, 5.74) is 0.194. The third-order valence-electron chi connectivity index (χ3n) is 5.75. The molecular formula is C21H30N2O5S. The van der Waals surface area contributed by atoms with E-state index in [0.717, 1.165) is 19.3 Å². The van der Waals surface area contributed by atoms with Gasteiger partial charge in [-0.2, -0.15) is 4.31 Å². The summed E-state index contributed by atoms with van der Waals surface area (Å²) >= 11 is 0. The molecule has 1 aromatic carbocycles. The smallest absolute Gasteiger partial charge is 0.338 e. The van der Waals surface area contributed by atoms with Crippen LogP contribution in [-0.4, -0.2) is 50.3 Å². The molecule has 1 heterocycles. The number of sulfonamides is 1. The lowest BCUT2D eigenvalue weighted by molar-refractivity contribution is -0.124. The first-order valence-corrected chi connectivity index (χ1v) is 11.5.